The topological polar surface area (TPSA) is 55.1 Å². The monoisotopic (exact) mass is 152 g/mol. The Morgan fingerprint density at radius 3 is 3.00 bits per heavy atom. The minimum Gasteiger partial charge on any atom is -0.353 e. The fourth-order valence-corrected chi connectivity index (χ4v) is 1.05. The van der Waals surface area contributed by atoms with Crippen molar-refractivity contribution in [3.05, 3.63) is 17.5 Å². The van der Waals surface area contributed by atoms with E-state index in [-0.39, 0.29) is 0 Å². The predicted molar refractivity (Wildman–Crippen MR) is 37.5 cm³/mol. The first-order valence-electron chi connectivity index (χ1n) is 3.52. The zero-order valence-corrected chi connectivity index (χ0v) is 5.91. The van der Waals surface area contributed by atoms with E-state index in [2.05, 4.69) is 10.5 Å². The lowest BCUT2D eigenvalue weighted by molar-refractivity contribution is 0.109. The van der Waals surface area contributed by atoms with Crippen LogP contribution in [0.25, 0.3) is 0 Å². The number of hydrogen-bond acceptors (Lipinski definition) is 4. The summed E-state index contributed by atoms with van der Waals surface area (Å²) in [4.78, 5) is 10.2. The van der Waals surface area contributed by atoms with Crippen LogP contribution in [0.1, 0.15) is 22.2 Å². The molecule has 1 saturated heterocycles. The molecule has 0 aliphatic carbocycles. The summed E-state index contributed by atoms with van der Waals surface area (Å²) in [6, 6.07) is 1.69. The molecular formula is C7H8N2O2. The summed E-state index contributed by atoms with van der Waals surface area (Å²) in [5.74, 6) is 0.749. The van der Waals surface area contributed by atoms with Gasteiger partial charge in [0.1, 0.15) is 0 Å². The summed E-state index contributed by atoms with van der Waals surface area (Å²) in [7, 11) is 0. The van der Waals surface area contributed by atoms with Crippen LogP contribution in [0.4, 0.5) is 0 Å². The Morgan fingerprint density at radius 2 is 2.55 bits per heavy atom. The van der Waals surface area contributed by atoms with Gasteiger partial charge in [-0.3, -0.25) is 4.79 Å². The van der Waals surface area contributed by atoms with Crippen LogP contribution in [0.15, 0.2) is 10.6 Å². The largest absolute Gasteiger partial charge is 0.353 e. The van der Waals surface area contributed by atoms with E-state index in [1.165, 1.54) is 0 Å². The predicted octanol–water partition coefficient (Wildman–Crippen LogP) is 0.174. The number of nitrogens with zero attached hydrogens (tertiary/aromatic N) is 1. The first-order chi connectivity index (χ1) is 5.40. The highest BCUT2D eigenvalue weighted by Crippen LogP contribution is 2.18. The van der Waals surface area contributed by atoms with Crippen molar-refractivity contribution in [3.8, 4) is 0 Å². The van der Waals surface area contributed by atoms with Gasteiger partial charge in [-0.2, -0.15) is 0 Å². The molecule has 0 saturated carbocycles. The minimum atomic E-state index is 0.312. The van der Waals surface area contributed by atoms with E-state index in [0.29, 0.717) is 18.0 Å². The van der Waals surface area contributed by atoms with Crippen molar-refractivity contribution in [3.63, 3.8) is 0 Å². The van der Waals surface area contributed by atoms with Gasteiger partial charge in [-0.1, -0.05) is 5.16 Å². The average molecular weight is 152 g/mol. The second-order valence-corrected chi connectivity index (χ2v) is 2.63. The zero-order valence-electron chi connectivity index (χ0n) is 5.91. The molecule has 2 rings (SSSR count). The molecule has 0 radical (unpaired) electrons. The molecule has 0 spiro atoms. The lowest BCUT2D eigenvalue weighted by Gasteiger charge is -2.24. The van der Waals surface area contributed by atoms with Crippen LogP contribution in [0.3, 0.4) is 0 Å². The molecule has 1 aliphatic heterocycles. The number of hydrogen-bond donors (Lipinski definition) is 1. The molecule has 0 amide bonds. The molecule has 1 fully saturated rings. The highest BCUT2D eigenvalue weighted by atomic mass is 16.5. The van der Waals surface area contributed by atoms with Crippen LogP contribution >= 0.6 is 0 Å². The van der Waals surface area contributed by atoms with Crippen molar-refractivity contribution in [1.82, 2.24) is 10.5 Å². The quantitative estimate of drug-likeness (QED) is 0.614. The van der Waals surface area contributed by atoms with Gasteiger partial charge in [0.15, 0.2) is 12.0 Å². The maximum Gasteiger partial charge on any atom is 0.199 e. The Kier molecular flexibility index (Phi) is 1.47. The Labute approximate surface area is 63.6 Å². The van der Waals surface area contributed by atoms with Gasteiger partial charge in [0.25, 0.3) is 0 Å². The van der Waals surface area contributed by atoms with Gasteiger partial charge in [-0.15, -0.1) is 0 Å². The zero-order chi connectivity index (χ0) is 7.68. The van der Waals surface area contributed by atoms with E-state index in [1.807, 2.05) is 0 Å². The first-order valence-corrected chi connectivity index (χ1v) is 3.52. The van der Waals surface area contributed by atoms with E-state index < -0.39 is 0 Å². The average Bonchev–Trinajstić information content (AvgIpc) is 2.32. The molecule has 1 aromatic heterocycles. The number of aromatic nitrogens is 1. The number of nitrogens with one attached hydrogen (secondary N) is 1. The molecule has 1 aliphatic rings. The van der Waals surface area contributed by atoms with Gasteiger partial charge >= 0.3 is 0 Å². The molecular weight excluding hydrogens is 144 g/mol. The van der Waals surface area contributed by atoms with E-state index in [0.717, 1.165) is 18.8 Å². The van der Waals surface area contributed by atoms with E-state index in [4.69, 9.17) is 4.52 Å². The number of rotatable bonds is 2. The molecule has 2 heterocycles. The molecule has 58 valence electrons. The second kappa shape index (κ2) is 2.47. The highest BCUT2D eigenvalue weighted by Gasteiger charge is 2.22. The van der Waals surface area contributed by atoms with Crippen LogP contribution in [0, 0.1) is 0 Å². The minimum absolute atomic E-state index is 0.312. The summed E-state index contributed by atoms with van der Waals surface area (Å²) >= 11 is 0. The van der Waals surface area contributed by atoms with Crippen molar-refractivity contribution in [2.75, 3.05) is 13.1 Å². The van der Waals surface area contributed by atoms with Gasteiger partial charge in [-0.25, -0.2) is 0 Å². The van der Waals surface area contributed by atoms with Crippen LogP contribution in [0.2, 0.25) is 0 Å². The summed E-state index contributed by atoms with van der Waals surface area (Å²) in [6.45, 7) is 1.87. The Balaban J connectivity index is 2.17. The lowest BCUT2D eigenvalue weighted by atomic mass is 9.99. The molecule has 0 aromatic carbocycles. The Bertz CT molecular complexity index is 265. The maximum atomic E-state index is 10.2. The Hall–Kier alpha value is -1.16. The summed E-state index contributed by atoms with van der Waals surface area (Å²) < 4.78 is 4.72. The van der Waals surface area contributed by atoms with Crippen LogP contribution in [0.5, 0.6) is 0 Å². The van der Waals surface area contributed by atoms with Crippen LogP contribution in [-0.4, -0.2) is 24.5 Å². The van der Waals surface area contributed by atoms with E-state index in [9.17, 15) is 4.79 Å². The SMILES string of the molecule is O=Cc1cc(C2CNC2)no1. The second-order valence-electron chi connectivity index (χ2n) is 2.63. The van der Waals surface area contributed by atoms with Gasteiger partial charge in [0, 0.05) is 25.1 Å². The van der Waals surface area contributed by atoms with Crippen molar-refractivity contribution in [2.24, 2.45) is 0 Å². The summed E-state index contributed by atoms with van der Waals surface area (Å²) in [5, 5.41) is 6.88. The van der Waals surface area contributed by atoms with Crippen molar-refractivity contribution in [1.29, 1.82) is 0 Å². The fraction of sp³-hybridized carbons (Fsp3) is 0.429. The highest BCUT2D eigenvalue weighted by molar-refractivity contribution is 5.70. The van der Waals surface area contributed by atoms with Crippen molar-refractivity contribution in [2.45, 2.75) is 5.92 Å². The molecule has 0 atom stereocenters. The molecule has 4 nitrogen and oxygen atoms in total. The van der Waals surface area contributed by atoms with E-state index >= 15 is 0 Å². The van der Waals surface area contributed by atoms with Gasteiger partial charge in [0.05, 0.1) is 5.69 Å². The smallest absolute Gasteiger partial charge is 0.199 e. The van der Waals surface area contributed by atoms with Crippen molar-refractivity contribution < 1.29 is 9.32 Å². The third-order valence-corrected chi connectivity index (χ3v) is 1.86. The Morgan fingerprint density at radius 1 is 1.73 bits per heavy atom. The number of carbonyl (C=O) groups excluding carboxylic acids is 1. The van der Waals surface area contributed by atoms with Crippen molar-refractivity contribution >= 4 is 6.29 Å². The molecule has 0 unspecified atom stereocenters. The van der Waals surface area contributed by atoms with E-state index in [1.54, 1.807) is 6.07 Å². The first kappa shape index (κ1) is 6.54. The van der Waals surface area contributed by atoms with Crippen LogP contribution in [-0.2, 0) is 0 Å². The number of carbonyl (C=O) groups is 1. The van der Waals surface area contributed by atoms with Crippen LogP contribution < -0.4 is 5.32 Å². The normalized spacial score (nSPS) is 17.8. The lowest BCUT2D eigenvalue weighted by Crippen LogP contribution is -2.40. The van der Waals surface area contributed by atoms with Gasteiger partial charge in [-0.05, 0) is 0 Å². The molecule has 11 heavy (non-hydrogen) atoms. The maximum absolute atomic E-state index is 10.2. The standard InChI is InChI=1S/C7H8N2O2/c10-4-6-1-7(9-11-6)5-2-8-3-5/h1,4-5,8H,2-3H2. The number of aldehydes is 1. The van der Waals surface area contributed by atoms with Gasteiger partial charge < -0.3 is 9.84 Å². The summed E-state index contributed by atoms with van der Waals surface area (Å²) in [5.41, 5.74) is 0.880. The fourth-order valence-electron chi connectivity index (χ4n) is 1.05. The molecule has 0 bridgehead atoms. The third-order valence-electron chi connectivity index (χ3n) is 1.86. The molecule has 1 aromatic rings. The molecule has 4 heteroatoms. The third kappa shape index (κ3) is 1.05. The van der Waals surface area contributed by atoms with Gasteiger partial charge in [0.2, 0.25) is 0 Å². The molecule has 1 N–H and O–H groups in total. The summed E-state index contributed by atoms with van der Waals surface area (Å²) in [6.07, 6.45) is 0.669.